The number of rotatable bonds is 6. The highest BCUT2D eigenvalue weighted by Crippen LogP contribution is 2.09. The van der Waals surface area contributed by atoms with Crippen LogP contribution in [-0.2, 0) is 0 Å². The summed E-state index contributed by atoms with van der Waals surface area (Å²) in [5, 5.41) is 8.69. The molecule has 0 aromatic rings. The first-order chi connectivity index (χ1) is 5.31. The Balaban J connectivity index is 2.97. The number of aliphatic hydroxyl groups excluding tert-OH is 1. The van der Waals surface area contributed by atoms with Crippen molar-refractivity contribution < 1.29 is 5.11 Å². The fourth-order valence-electron chi connectivity index (χ4n) is 0.614. The van der Waals surface area contributed by atoms with Crippen molar-refractivity contribution in [1.82, 2.24) is 0 Å². The summed E-state index contributed by atoms with van der Waals surface area (Å²) in [6, 6.07) is 0. The highest BCUT2D eigenvalue weighted by atomic mass is 32.2. The SMILES string of the molecule is C#CCCCSCC(C)CO. The Hall–Kier alpha value is -0.130. The van der Waals surface area contributed by atoms with Crippen LogP contribution in [0.1, 0.15) is 19.8 Å². The molecule has 0 saturated carbocycles. The number of hydrogen-bond acceptors (Lipinski definition) is 2. The lowest BCUT2D eigenvalue weighted by Gasteiger charge is -2.05. The quantitative estimate of drug-likeness (QED) is 0.486. The number of hydrogen-bond donors (Lipinski definition) is 1. The maximum atomic E-state index is 8.69. The Morgan fingerprint density at radius 2 is 2.36 bits per heavy atom. The summed E-state index contributed by atoms with van der Waals surface area (Å²) in [6.45, 7) is 2.34. The second-order valence-electron chi connectivity index (χ2n) is 2.67. The van der Waals surface area contributed by atoms with Crippen molar-refractivity contribution in [3.05, 3.63) is 0 Å². The van der Waals surface area contributed by atoms with Crippen molar-refractivity contribution in [2.45, 2.75) is 19.8 Å². The van der Waals surface area contributed by atoms with Gasteiger partial charge in [0, 0.05) is 13.0 Å². The molecule has 0 saturated heterocycles. The van der Waals surface area contributed by atoms with Gasteiger partial charge in [0.2, 0.25) is 0 Å². The van der Waals surface area contributed by atoms with Crippen molar-refractivity contribution >= 4 is 11.8 Å². The number of terminal acetylenes is 1. The van der Waals surface area contributed by atoms with Crippen LogP contribution in [0.4, 0.5) is 0 Å². The van der Waals surface area contributed by atoms with Gasteiger partial charge in [0.1, 0.15) is 0 Å². The molecule has 0 amide bonds. The normalized spacial score (nSPS) is 12.5. The lowest BCUT2D eigenvalue weighted by molar-refractivity contribution is 0.250. The maximum Gasteiger partial charge on any atom is 0.0464 e. The van der Waals surface area contributed by atoms with E-state index < -0.39 is 0 Å². The van der Waals surface area contributed by atoms with Crippen molar-refractivity contribution in [2.24, 2.45) is 5.92 Å². The second-order valence-corrected chi connectivity index (χ2v) is 3.82. The number of unbranched alkanes of at least 4 members (excludes halogenated alkanes) is 1. The summed E-state index contributed by atoms with van der Waals surface area (Å²) in [4.78, 5) is 0. The van der Waals surface area contributed by atoms with Crippen LogP contribution < -0.4 is 0 Å². The van der Waals surface area contributed by atoms with Gasteiger partial charge in [0.25, 0.3) is 0 Å². The fraction of sp³-hybridized carbons (Fsp3) is 0.778. The Morgan fingerprint density at radius 3 is 2.91 bits per heavy atom. The van der Waals surface area contributed by atoms with E-state index >= 15 is 0 Å². The molecule has 1 unspecified atom stereocenters. The van der Waals surface area contributed by atoms with E-state index in [1.54, 1.807) is 0 Å². The van der Waals surface area contributed by atoms with Crippen LogP contribution >= 0.6 is 11.8 Å². The number of thioether (sulfide) groups is 1. The van der Waals surface area contributed by atoms with Gasteiger partial charge in [-0.25, -0.2) is 0 Å². The third kappa shape index (κ3) is 7.77. The molecule has 11 heavy (non-hydrogen) atoms. The topological polar surface area (TPSA) is 20.2 Å². The monoisotopic (exact) mass is 172 g/mol. The van der Waals surface area contributed by atoms with E-state index in [1.807, 2.05) is 18.7 Å². The molecule has 0 aromatic heterocycles. The van der Waals surface area contributed by atoms with Gasteiger partial charge >= 0.3 is 0 Å². The van der Waals surface area contributed by atoms with Crippen LogP contribution in [0, 0.1) is 18.3 Å². The average molecular weight is 172 g/mol. The molecule has 1 atom stereocenters. The zero-order valence-corrected chi connectivity index (χ0v) is 7.86. The summed E-state index contributed by atoms with van der Waals surface area (Å²) in [5.41, 5.74) is 0. The molecule has 0 bridgehead atoms. The average Bonchev–Trinajstić information content (AvgIpc) is 2.04. The summed E-state index contributed by atoms with van der Waals surface area (Å²) in [6.07, 6.45) is 7.07. The molecule has 1 nitrogen and oxygen atoms in total. The first-order valence-electron chi connectivity index (χ1n) is 3.93. The minimum absolute atomic E-state index is 0.294. The Bertz CT molecular complexity index is 117. The molecule has 0 aromatic carbocycles. The Labute approximate surface area is 73.6 Å². The van der Waals surface area contributed by atoms with Gasteiger partial charge in [-0.2, -0.15) is 11.8 Å². The summed E-state index contributed by atoms with van der Waals surface area (Å²) >= 11 is 1.87. The lowest BCUT2D eigenvalue weighted by atomic mass is 10.2. The molecule has 0 spiro atoms. The molecule has 0 aliphatic rings. The third-order valence-electron chi connectivity index (χ3n) is 1.32. The van der Waals surface area contributed by atoms with Crippen LogP contribution in [0.25, 0.3) is 0 Å². The van der Waals surface area contributed by atoms with E-state index in [0.717, 1.165) is 24.3 Å². The zero-order valence-electron chi connectivity index (χ0n) is 7.05. The van der Waals surface area contributed by atoms with Crippen molar-refractivity contribution in [3.8, 4) is 12.3 Å². The first-order valence-corrected chi connectivity index (χ1v) is 5.08. The van der Waals surface area contributed by atoms with Gasteiger partial charge in [0.05, 0.1) is 0 Å². The molecule has 64 valence electrons. The van der Waals surface area contributed by atoms with Gasteiger partial charge in [-0.15, -0.1) is 12.3 Å². The second kappa shape index (κ2) is 7.97. The van der Waals surface area contributed by atoms with Gasteiger partial charge in [-0.1, -0.05) is 6.92 Å². The summed E-state index contributed by atoms with van der Waals surface area (Å²) in [5.74, 6) is 5.19. The highest BCUT2D eigenvalue weighted by molar-refractivity contribution is 7.99. The molecular weight excluding hydrogens is 156 g/mol. The molecular formula is C9H16OS. The van der Waals surface area contributed by atoms with E-state index in [2.05, 4.69) is 5.92 Å². The smallest absolute Gasteiger partial charge is 0.0464 e. The van der Waals surface area contributed by atoms with E-state index in [-0.39, 0.29) is 0 Å². The van der Waals surface area contributed by atoms with E-state index in [9.17, 15) is 0 Å². The Kier molecular flexibility index (Phi) is 7.88. The van der Waals surface area contributed by atoms with Crippen molar-refractivity contribution in [3.63, 3.8) is 0 Å². The fourth-order valence-corrected chi connectivity index (χ4v) is 1.64. The third-order valence-corrected chi connectivity index (χ3v) is 2.71. The minimum Gasteiger partial charge on any atom is -0.396 e. The van der Waals surface area contributed by atoms with Crippen LogP contribution in [0.15, 0.2) is 0 Å². The zero-order chi connectivity index (χ0) is 8.53. The lowest BCUT2D eigenvalue weighted by Crippen LogP contribution is -2.03. The minimum atomic E-state index is 0.294. The van der Waals surface area contributed by atoms with Crippen LogP contribution in [-0.4, -0.2) is 23.2 Å². The molecule has 1 N–H and O–H groups in total. The first kappa shape index (κ1) is 10.9. The van der Waals surface area contributed by atoms with Crippen LogP contribution in [0.5, 0.6) is 0 Å². The van der Waals surface area contributed by atoms with Gasteiger partial charge in [-0.3, -0.25) is 0 Å². The molecule has 0 rings (SSSR count). The standard InChI is InChI=1S/C9H16OS/c1-3-4-5-6-11-8-9(2)7-10/h1,9-10H,4-8H2,2H3. The molecule has 0 heterocycles. The number of aliphatic hydroxyl groups is 1. The van der Waals surface area contributed by atoms with Crippen LogP contribution in [0.2, 0.25) is 0 Å². The summed E-state index contributed by atoms with van der Waals surface area (Å²) < 4.78 is 0. The molecule has 0 radical (unpaired) electrons. The van der Waals surface area contributed by atoms with Crippen molar-refractivity contribution in [1.29, 1.82) is 0 Å². The van der Waals surface area contributed by atoms with Gasteiger partial charge in [0.15, 0.2) is 0 Å². The maximum absolute atomic E-state index is 8.69. The van der Waals surface area contributed by atoms with E-state index in [0.29, 0.717) is 12.5 Å². The highest BCUT2D eigenvalue weighted by Gasteiger charge is 1.98. The van der Waals surface area contributed by atoms with E-state index in [4.69, 9.17) is 11.5 Å². The molecule has 0 aliphatic carbocycles. The predicted molar refractivity (Wildman–Crippen MR) is 51.6 cm³/mol. The van der Waals surface area contributed by atoms with Crippen molar-refractivity contribution in [2.75, 3.05) is 18.1 Å². The largest absolute Gasteiger partial charge is 0.396 e. The molecule has 2 heteroatoms. The van der Waals surface area contributed by atoms with Gasteiger partial charge in [-0.05, 0) is 23.8 Å². The summed E-state index contributed by atoms with van der Waals surface area (Å²) in [7, 11) is 0. The van der Waals surface area contributed by atoms with Crippen LogP contribution in [0.3, 0.4) is 0 Å². The van der Waals surface area contributed by atoms with E-state index in [1.165, 1.54) is 0 Å². The molecule has 0 fully saturated rings. The van der Waals surface area contributed by atoms with Gasteiger partial charge < -0.3 is 5.11 Å². The predicted octanol–water partition coefficient (Wildman–Crippen LogP) is 1.76. The Morgan fingerprint density at radius 1 is 1.64 bits per heavy atom. The molecule has 0 aliphatic heterocycles.